The highest BCUT2D eigenvalue weighted by atomic mass is 16.2. The van der Waals surface area contributed by atoms with Gasteiger partial charge in [-0.1, -0.05) is 58.0 Å². The number of nitrogens with two attached hydrogens (primary N) is 1. The second-order valence-electron chi connectivity index (χ2n) is 8.78. The Morgan fingerprint density at radius 2 is 1.80 bits per heavy atom. The molecule has 1 heterocycles. The van der Waals surface area contributed by atoms with Crippen LogP contribution in [0, 0.1) is 0 Å². The summed E-state index contributed by atoms with van der Waals surface area (Å²) in [6.45, 7) is 9.58. The van der Waals surface area contributed by atoms with Crippen LogP contribution in [-0.4, -0.2) is 35.6 Å². The normalized spacial score (nSPS) is 15.9. The summed E-state index contributed by atoms with van der Waals surface area (Å²) in [5.74, 6) is 0.255. The zero-order chi connectivity index (χ0) is 25.4. The van der Waals surface area contributed by atoms with Crippen molar-refractivity contribution < 1.29 is 9.59 Å². The topological polar surface area (TPSA) is 87.8 Å². The molecule has 2 aromatic rings. The standard InChI is InChI=1S/C27H32N4O2.C2H6/c1-3-13-31(14-4-2)27(33)21-15-19-9-10-20(16-24(19)29-25(28)17-21)26(32)30-23-12-11-18-7-5-6-8-22(18)23;1-2/h5-10,15-16,23H,3-4,11-14,17H2,1-2H3,(H2,28,29)(H,30,32);1-2H3. The molecule has 0 aromatic heterocycles. The van der Waals surface area contributed by atoms with Crippen LogP contribution in [0.15, 0.2) is 53.0 Å². The highest BCUT2D eigenvalue weighted by molar-refractivity contribution is 6.06. The molecule has 1 atom stereocenters. The van der Waals surface area contributed by atoms with Crippen molar-refractivity contribution in [1.82, 2.24) is 10.2 Å². The van der Waals surface area contributed by atoms with Gasteiger partial charge in [0.05, 0.1) is 11.7 Å². The number of carbonyl (C=O) groups is 2. The SMILES string of the molecule is CC.CCCN(CCC)C(=O)C1=Cc2ccc(C(=O)NC3CCc4ccccc43)cc2N=C(N)C1. The van der Waals surface area contributed by atoms with E-state index in [-0.39, 0.29) is 17.9 Å². The summed E-state index contributed by atoms with van der Waals surface area (Å²) in [6.07, 6.45) is 5.86. The fourth-order valence-corrected chi connectivity index (χ4v) is 4.68. The molecule has 1 aliphatic carbocycles. The minimum atomic E-state index is -0.130. The van der Waals surface area contributed by atoms with Crippen molar-refractivity contribution in [3.05, 3.63) is 70.3 Å². The third kappa shape index (κ3) is 6.18. The predicted octanol–water partition coefficient (Wildman–Crippen LogP) is 5.55. The molecular formula is C29H38N4O2. The van der Waals surface area contributed by atoms with E-state index in [1.807, 2.05) is 43.0 Å². The van der Waals surface area contributed by atoms with Crippen molar-refractivity contribution in [3.8, 4) is 0 Å². The average molecular weight is 475 g/mol. The Balaban J connectivity index is 0.00000167. The Morgan fingerprint density at radius 3 is 2.51 bits per heavy atom. The van der Waals surface area contributed by atoms with E-state index >= 15 is 0 Å². The van der Waals surface area contributed by atoms with E-state index in [0.717, 1.165) is 44.3 Å². The van der Waals surface area contributed by atoms with Crippen LogP contribution in [0.3, 0.4) is 0 Å². The molecule has 186 valence electrons. The summed E-state index contributed by atoms with van der Waals surface area (Å²) in [5, 5.41) is 3.16. The van der Waals surface area contributed by atoms with Crippen LogP contribution in [-0.2, 0) is 11.2 Å². The van der Waals surface area contributed by atoms with Crippen LogP contribution in [0.25, 0.3) is 6.08 Å². The number of hydrogen-bond acceptors (Lipinski definition) is 4. The van der Waals surface area contributed by atoms with Crippen LogP contribution >= 0.6 is 0 Å². The number of hydrogen-bond donors (Lipinski definition) is 2. The molecule has 4 rings (SSSR count). The van der Waals surface area contributed by atoms with E-state index in [4.69, 9.17) is 5.73 Å². The molecule has 6 heteroatoms. The molecule has 2 aromatic carbocycles. The zero-order valence-electron chi connectivity index (χ0n) is 21.4. The zero-order valence-corrected chi connectivity index (χ0v) is 21.4. The highest BCUT2D eigenvalue weighted by Crippen LogP contribution is 2.32. The van der Waals surface area contributed by atoms with Crippen LogP contribution in [0.1, 0.15) is 86.5 Å². The number of aliphatic imine (C=N–C) groups is 1. The monoisotopic (exact) mass is 474 g/mol. The maximum Gasteiger partial charge on any atom is 0.251 e. The van der Waals surface area contributed by atoms with Gasteiger partial charge in [0.1, 0.15) is 5.84 Å². The quantitative estimate of drug-likeness (QED) is 0.551. The smallest absolute Gasteiger partial charge is 0.251 e. The van der Waals surface area contributed by atoms with E-state index in [9.17, 15) is 9.59 Å². The Hall–Kier alpha value is -3.41. The van der Waals surface area contributed by atoms with E-state index in [0.29, 0.717) is 29.1 Å². The first-order valence-corrected chi connectivity index (χ1v) is 12.9. The van der Waals surface area contributed by atoms with Gasteiger partial charge in [0, 0.05) is 36.2 Å². The molecule has 0 bridgehead atoms. The maximum absolute atomic E-state index is 13.1. The lowest BCUT2D eigenvalue weighted by atomic mass is 10.0. The van der Waals surface area contributed by atoms with Crippen molar-refractivity contribution in [3.63, 3.8) is 0 Å². The van der Waals surface area contributed by atoms with Crippen molar-refractivity contribution in [2.45, 2.75) is 65.8 Å². The van der Waals surface area contributed by atoms with Crippen LogP contribution in [0.4, 0.5) is 5.69 Å². The van der Waals surface area contributed by atoms with E-state index in [1.54, 1.807) is 12.1 Å². The maximum atomic E-state index is 13.1. The summed E-state index contributed by atoms with van der Waals surface area (Å²) in [7, 11) is 0. The number of amidine groups is 1. The Labute approximate surface area is 209 Å². The minimum Gasteiger partial charge on any atom is -0.387 e. The van der Waals surface area contributed by atoms with Gasteiger partial charge in [-0.3, -0.25) is 9.59 Å². The van der Waals surface area contributed by atoms with Gasteiger partial charge in [-0.25, -0.2) is 4.99 Å². The third-order valence-corrected chi connectivity index (χ3v) is 6.25. The van der Waals surface area contributed by atoms with E-state index < -0.39 is 0 Å². The number of amides is 2. The van der Waals surface area contributed by atoms with Crippen molar-refractivity contribution in [2.75, 3.05) is 13.1 Å². The molecule has 35 heavy (non-hydrogen) atoms. The van der Waals surface area contributed by atoms with Gasteiger partial charge in [0.2, 0.25) is 5.91 Å². The second kappa shape index (κ2) is 12.3. The molecule has 6 nitrogen and oxygen atoms in total. The van der Waals surface area contributed by atoms with Gasteiger partial charge < -0.3 is 16.0 Å². The van der Waals surface area contributed by atoms with Crippen molar-refractivity contribution >= 4 is 29.4 Å². The summed E-state index contributed by atoms with van der Waals surface area (Å²) in [5.41, 5.74) is 11.3. The molecule has 1 unspecified atom stereocenters. The number of nitrogens with one attached hydrogen (secondary N) is 1. The van der Waals surface area contributed by atoms with Gasteiger partial charge in [-0.05, 0) is 55.0 Å². The molecule has 1 aliphatic heterocycles. The molecule has 0 saturated heterocycles. The molecule has 0 fully saturated rings. The Kier molecular flexibility index (Phi) is 9.24. The minimum absolute atomic E-state index is 0.00594. The number of nitrogens with zero attached hydrogens (tertiary/aromatic N) is 2. The van der Waals surface area contributed by atoms with Gasteiger partial charge in [0.25, 0.3) is 5.91 Å². The number of rotatable bonds is 7. The van der Waals surface area contributed by atoms with Crippen LogP contribution in [0.5, 0.6) is 0 Å². The fraction of sp³-hybridized carbons (Fsp3) is 0.414. The first-order valence-electron chi connectivity index (χ1n) is 12.9. The lowest BCUT2D eigenvalue weighted by Gasteiger charge is -2.22. The molecule has 0 radical (unpaired) electrons. The molecular weight excluding hydrogens is 436 g/mol. The number of benzene rings is 2. The summed E-state index contributed by atoms with van der Waals surface area (Å²) in [4.78, 5) is 32.5. The fourth-order valence-electron chi connectivity index (χ4n) is 4.68. The van der Waals surface area contributed by atoms with E-state index in [1.165, 1.54) is 11.1 Å². The first kappa shape index (κ1) is 26.2. The van der Waals surface area contributed by atoms with Crippen LogP contribution in [0.2, 0.25) is 0 Å². The predicted molar refractivity (Wildman–Crippen MR) is 144 cm³/mol. The van der Waals surface area contributed by atoms with E-state index in [2.05, 4.69) is 36.3 Å². The number of aryl methyl sites for hydroxylation is 1. The van der Waals surface area contributed by atoms with Gasteiger partial charge in [-0.2, -0.15) is 0 Å². The van der Waals surface area contributed by atoms with Gasteiger partial charge in [0.15, 0.2) is 0 Å². The molecule has 3 N–H and O–H groups in total. The Morgan fingerprint density at radius 1 is 1.09 bits per heavy atom. The molecule has 2 aliphatic rings. The number of carbonyl (C=O) groups excluding carboxylic acids is 2. The van der Waals surface area contributed by atoms with Crippen LogP contribution < -0.4 is 11.1 Å². The Bertz CT molecular complexity index is 1110. The lowest BCUT2D eigenvalue weighted by Crippen LogP contribution is -2.34. The van der Waals surface area contributed by atoms with Gasteiger partial charge in [-0.15, -0.1) is 0 Å². The molecule has 0 saturated carbocycles. The van der Waals surface area contributed by atoms with Gasteiger partial charge >= 0.3 is 0 Å². The summed E-state index contributed by atoms with van der Waals surface area (Å²) >= 11 is 0. The lowest BCUT2D eigenvalue weighted by molar-refractivity contribution is -0.127. The molecule has 0 spiro atoms. The third-order valence-electron chi connectivity index (χ3n) is 6.25. The average Bonchev–Trinajstić information content (AvgIpc) is 3.19. The second-order valence-corrected chi connectivity index (χ2v) is 8.78. The van der Waals surface area contributed by atoms with Crippen molar-refractivity contribution in [2.24, 2.45) is 10.7 Å². The van der Waals surface area contributed by atoms with Crippen molar-refractivity contribution in [1.29, 1.82) is 0 Å². The molecule has 2 amide bonds. The summed E-state index contributed by atoms with van der Waals surface area (Å²) < 4.78 is 0. The number of fused-ring (bicyclic) bond motifs is 2. The summed E-state index contributed by atoms with van der Waals surface area (Å²) in [6, 6.07) is 13.7. The highest BCUT2D eigenvalue weighted by Gasteiger charge is 2.25. The largest absolute Gasteiger partial charge is 0.387 e. The first-order chi connectivity index (χ1) is 17.0.